The molecule has 0 saturated carbocycles. The molecule has 142 valence electrons. The van der Waals surface area contributed by atoms with Crippen molar-refractivity contribution in [2.24, 2.45) is 0 Å². The van der Waals surface area contributed by atoms with Gasteiger partial charge in [-0.15, -0.1) is 0 Å². The Balaban J connectivity index is 1.41. The van der Waals surface area contributed by atoms with Gasteiger partial charge in [0, 0.05) is 44.3 Å². The normalized spacial score (nSPS) is 18.9. The van der Waals surface area contributed by atoms with E-state index in [2.05, 4.69) is 10.2 Å². The molecule has 3 rings (SSSR count). The molecule has 26 heavy (non-hydrogen) atoms. The Morgan fingerprint density at radius 3 is 2.27 bits per heavy atom. The molecule has 1 N–H and O–H groups in total. The Morgan fingerprint density at radius 2 is 1.62 bits per heavy atom. The zero-order valence-electron chi connectivity index (χ0n) is 14.7. The maximum Gasteiger partial charge on any atom is 0.238 e. The Bertz CT molecular complexity index is 659. The van der Waals surface area contributed by atoms with Crippen molar-refractivity contribution in [2.75, 3.05) is 57.7 Å². The van der Waals surface area contributed by atoms with Crippen molar-refractivity contribution in [1.82, 2.24) is 14.7 Å². The first-order chi connectivity index (χ1) is 12.5. The van der Waals surface area contributed by atoms with Gasteiger partial charge in [0.05, 0.1) is 18.8 Å². The second-order valence-electron chi connectivity index (χ2n) is 6.81. The number of nitrogens with one attached hydrogen (secondary N) is 1. The Labute approximate surface area is 157 Å². The molecule has 2 amide bonds. The molecular formula is C18H24ClFN4O2. The third-order valence-corrected chi connectivity index (χ3v) is 5.09. The summed E-state index contributed by atoms with van der Waals surface area (Å²) >= 11 is 5.83. The summed E-state index contributed by atoms with van der Waals surface area (Å²) in [5.74, 6) is -0.578. The molecule has 2 heterocycles. The van der Waals surface area contributed by atoms with Crippen LogP contribution in [-0.2, 0) is 9.59 Å². The van der Waals surface area contributed by atoms with E-state index in [1.807, 2.05) is 9.80 Å². The summed E-state index contributed by atoms with van der Waals surface area (Å²) in [6.07, 6.45) is 2.20. The molecule has 6 nitrogen and oxygen atoms in total. The predicted octanol–water partition coefficient (Wildman–Crippen LogP) is 1.66. The van der Waals surface area contributed by atoms with Gasteiger partial charge in [-0.05, 0) is 31.0 Å². The summed E-state index contributed by atoms with van der Waals surface area (Å²) in [5, 5.41) is 2.94. The highest BCUT2D eigenvalue weighted by molar-refractivity contribution is 6.30. The molecule has 0 unspecified atom stereocenters. The summed E-state index contributed by atoms with van der Waals surface area (Å²) in [6, 6.07) is 4.07. The van der Waals surface area contributed by atoms with Crippen LogP contribution in [0.2, 0.25) is 5.02 Å². The average Bonchev–Trinajstić information content (AvgIpc) is 3.14. The molecule has 0 radical (unpaired) electrons. The Hall–Kier alpha value is -1.70. The van der Waals surface area contributed by atoms with Crippen LogP contribution in [0.3, 0.4) is 0 Å². The molecule has 0 spiro atoms. The van der Waals surface area contributed by atoms with Gasteiger partial charge >= 0.3 is 0 Å². The van der Waals surface area contributed by atoms with Crippen LogP contribution >= 0.6 is 11.6 Å². The smallest absolute Gasteiger partial charge is 0.238 e. The number of hydrogen-bond acceptors (Lipinski definition) is 4. The summed E-state index contributed by atoms with van der Waals surface area (Å²) in [4.78, 5) is 30.4. The van der Waals surface area contributed by atoms with Gasteiger partial charge in [0.15, 0.2) is 0 Å². The van der Waals surface area contributed by atoms with E-state index in [4.69, 9.17) is 11.6 Å². The molecule has 0 aliphatic carbocycles. The Morgan fingerprint density at radius 1 is 1.00 bits per heavy atom. The van der Waals surface area contributed by atoms with Gasteiger partial charge in [-0.3, -0.25) is 19.4 Å². The number of carbonyl (C=O) groups excluding carboxylic acids is 2. The number of benzene rings is 1. The maximum atomic E-state index is 13.7. The first-order valence-corrected chi connectivity index (χ1v) is 9.36. The van der Waals surface area contributed by atoms with E-state index in [0.29, 0.717) is 24.7 Å². The van der Waals surface area contributed by atoms with Crippen LogP contribution in [0.15, 0.2) is 18.2 Å². The zero-order valence-corrected chi connectivity index (χ0v) is 15.5. The van der Waals surface area contributed by atoms with E-state index in [-0.39, 0.29) is 24.0 Å². The van der Waals surface area contributed by atoms with E-state index in [0.717, 1.165) is 39.0 Å². The minimum atomic E-state index is -0.506. The topological polar surface area (TPSA) is 55.9 Å². The van der Waals surface area contributed by atoms with Crippen LogP contribution in [0.4, 0.5) is 10.1 Å². The van der Waals surface area contributed by atoms with Gasteiger partial charge in [0.1, 0.15) is 5.82 Å². The quantitative estimate of drug-likeness (QED) is 0.841. The lowest BCUT2D eigenvalue weighted by Gasteiger charge is -2.34. The highest BCUT2D eigenvalue weighted by atomic mass is 35.5. The molecular weight excluding hydrogens is 359 g/mol. The standard InChI is InChI=1S/C18H24ClFN4O2/c19-14-3-4-15(20)16(11-14)21-17(25)12-22-7-9-23(10-8-22)13-18(26)24-5-1-2-6-24/h3-4,11H,1-2,5-10,12-13H2,(H,21,25). The van der Waals surface area contributed by atoms with Crippen LogP contribution in [0, 0.1) is 5.82 Å². The van der Waals surface area contributed by atoms with E-state index < -0.39 is 5.82 Å². The number of halogens is 2. The molecule has 2 saturated heterocycles. The molecule has 2 fully saturated rings. The zero-order chi connectivity index (χ0) is 18.5. The summed E-state index contributed by atoms with van der Waals surface area (Å²) in [6.45, 7) is 5.31. The highest BCUT2D eigenvalue weighted by Gasteiger charge is 2.24. The van der Waals surface area contributed by atoms with E-state index >= 15 is 0 Å². The molecule has 0 bridgehead atoms. The molecule has 8 heteroatoms. The molecule has 2 aliphatic rings. The molecule has 0 aromatic heterocycles. The lowest BCUT2D eigenvalue weighted by molar-refractivity contribution is -0.132. The number of amides is 2. The minimum absolute atomic E-state index is 0.0948. The number of likely N-dealkylation sites (tertiary alicyclic amines) is 1. The van der Waals surface area contributed by atoms with Crippen molar-refractivity contribution < 1.29 is 14.0 Å². The van der Waals surface area contributed by atoms with Crippen LogP contribution in [0.5, 0.6) is 0 Å². The second-order valence-corrected chi connectivity index (χ2v) is 7.25. The molecule has 2 aliphatic heterocycles. The van der Waals surface area contributed by atoms with Gasteiger partial charge in [-0.1, -0.05) is 11.6 Å². The van der Waals surface area contributed by atoms with Crippen molar-refractivity contribution >= 4 is 29.1 Å². The van der Waals surface area contributed by atoms with Crippen molar-refractivity contribution in [2.45, 2.75) is 12.8 Å². The monoisotopic (exact) mass is 382 g/mol. The van der Waals surface area contributed by atoms with Gasteiger partial charge in [0.2, 0.25) is 11.8 Å². The Kier molecular flexibility index (Phi) is 6.45. The fraction of sp³-hybridized carbons (Fsp3) is 0.556. The third kappa shape index (κ3) is 5.16. The largest absolute Gasteiger partial charge is 0.342 e. The lowest BCUT2D eigenvalue weighted by Crippen LogP contribution is -2.51. The van der Waals surface area contributed by atoms with Gasteiger partial charge in [-0.25, -0.2) is 4.39 Å². The first kappa shape index (κ1) is 19.1. The van der Waals surface area contributed by atoms with Crippen LogP contribution < -0.4 is 5.32 Å². The first-order valence-electron chi connectivity index (χ1n) is 8.98. The number of carbonyl (C=O) groups is 2. The SMILES string of the molecule is O=C(CN1CCN(CC(=O)N2CCCC2)CC1)Nc1cc(Cl)ccc1F. The number of hydrogen-bond donors (Lipinski definition) is 1. The van der Waals surface area contributed by atoms with Crippen molar-refractivity contribution in [3.63, 3.8) is 0 Å². The number of rotatable bonds is 5. The second kappa shape index (κ2) is 8.79. The van der Waals surface area contributed by atoms with Gasteiger partial charge < -0.3 is 10.2 Å². The molecule has 1 aromatic carbocycles. The summed E-state index contributed by atoms with van der Waals surface area (Å²) in [5.41, 5.74) is 0.0948. The van der Waals surface area contributed by atoms with E-state index in [1.54, 1.807) is 0 Å². The van der Waals surface area contributed by atoms with Gasteiger partial charge in [-0.2, -0.15) is 0 Å². The molecule has 1 aromatic rings. The predicted molar refractivity (Wildman–Crippen MR) is 98.7 cm³/mol. The van der Waals surface area contributed by atoms with E-state index in [1.165, 1.54) is 18.2 Å². The fourth-order valence-electron chi connectivity index (χ4n) is 3.35. The average molecular weight is 383 g/mol. The molecule has 0 atom stereocenters. The van der Waals surface area contributed by atoms with Gasteiger partial charge in [0.25, 0.3) is 0 Å². The number of anilines is 1. The van der Waals surface area contributed by atoms with E-state index in [9.17, 15) is 14.0 Å². The lowest BCUT2D eigenvalue weighted by atomic mass is 10.2. The summed E-state index contributed by atoms with van der Waals surface area (Å²) in [7, 11) is 0. The number of piperazine rings is 1. The van der Waals surface area contributed by atoms with Crippen LogP contribution in [0.1, 0.15) is 12.8 Å². The van der Waals surface area contributed by atoms with Crippen molar-refractivity contribution in [3.8, 4) is 0 Å². The maximum absolute atomic E-state index is 13.7. The van der Waals surface area contributed by atoms with Crippen molar-refractivity contribution in [1.29, 1.82) is 0 Å². The summed E-state index contributed by atoms with van der Waals surface area (Å²) < 4.78 is 13.7. The highest BCUT2D eigenvalue weighted by Crippen LogP contribution is 2.19. The van der Waals surface area contributed by atoms with Crippen LogP contribution in [0.25, 0.3) is 0 Å². The van der Waals surface area contributed by atoms with Crippen molar-refractivity contribution in [3.05, 3.63) is 29.0 Å². The van der Waals surface area contributed by atoms with Crippen LogP contribution in [-0.4, -0.2) is 78.9 Å². The number of nitrogens with zero attached hydrogens (tertiary/aromatic N) is 3. The minimum Gasteiger partial charge on any atom is -0.342 e. The fourth-order valence-corrected chi connectivity index (χ4v) is 3.52. The third-order valence-electron chi connectivity index (χ3n) is 4.85.